The summed E-state index contributed by atoms with van der Waals surface area (Å²) in [5, 5.41) is 5.09. The van der Waals surface area contributed by atoms with Gasteiger partial charge in [-0.15, -0.1) is 5.10 Å². The molecular formula is C23H26ClN5O3. The molecule has 8 nitrogen and oxygen atoms in total. The van der Waals surface area contributed by atoms with Crippen LogP contribution in [0.1, 0.15) is 22.0 Å². The highest BCUT2D eigenvalue weighted by Crippen LogP contribution is 2.25. The number of aryl methyl sites for hydroxylation is 1. The molecule has 0 unspecified atom stereocenters. The highest BCUT2D eigenvalue weighted by atomic mass is 35.5. The van der Waals surface area contributed by atoms with E-state index >= 15 is 0 Å². The van der Waals surface area contributed by atoms with Gasteiger partial charge in [-0.3, -0.25) is 9.69 Å². The molecule has 3 aromatic rings. The number of carbonyl (C=O) groups is 1. The number of hydrogen-bond donors (Lipinski definition) is 0. The number of piperazine rings is 1. The molecule has 0 radical (unpaired) electrons. The molecule has 1 amide bonds. The van der Waals surface area contributed by atoms with Crippen molar-refractivity contribution in [2.75, 3.05) is 40.4 Å². The molecule has 32 heavy (non-hydrogen) atoms. The maximum Gasteiger partial charge on any atom is 0.293 e. The third-order valence-electron chi connectivity index (χ3n) is 5.57. The average Bonchev–Trinajstić information content (AvgIpc) is 3.21. The normalized spacial score (nSPS) is 14.4. The first-order valence-electron chi connectivity index (χ1n) is 10.4. The van der Waals surface area contributed by atoms with Crippen molar-refractivity contribution in [3.8, 4) is 17.2 Å². The Hall–Kier alpha value is -3.10. The summed E-state index contributed by atoms with van der Waals surface area (Å²) in [5.74, 6) is 2.34. The van der Waals surface area contributed by atoms with E-state index < -0.39 is 0 Å². The topological polar surface area (TPSA) is 72.7 Å². The standard InChI is InChI=1S/C23H26ClN5O3/c1-16-25-22(26-29(16)19-6-4-18(24)5-7-19)23(30)28-12-10-27(11-13-28)15-17-14-20(31-2)8-9-21(17)32-3/h4-9,14H,10-13,15H2,1-3H3. The van der Waals surface area contributed by atoms with E-state index in [2.05, 4.69) is 15.0 Å². The van der Waals surface area contributed by atoms with Crippen LogP contribution in [0.5, 0.6) is 11.5 Å². The van der Waals surface area contributed by atoms with Gasteiger partial charge in [0.25, 0.3) is 5.91 Å². The maximum atomic E-state index is 13.0. The van der Waals surface area contributed by atoms with Crippen molar-refractivity contribution in [3.05, 3.63) is 64.7 Å². The second kappa shape index (κ2) is 9.58. The lowest BCUT2D eigenvalue weighted by Gasteiger charge is -2.34. The number of rotatable bonds is 6. The molecule has 1 saturated heterocycles. The molecule has 0 bridgehead atoms. The molecular weight excluding hydrogens is 430 g/mol. The molecule has 168 valence electrons. The van der Waals surface area contributed by atoms with Crippen LogP contribution in [0, 0.1) is 6.92 Å². The van der Waals surface area contributed by atoms with Crippen LogP contribution in [0.15, 0.2) is 42.5 Å². The molecule has 0 N–H and O–H groups in total. The van der Waals surface area contributed by atoms with Crippen molar-refractivity contribution in [2.24, 2.45) is 0 Å². The largest absolute Gasteiger partial charge is 0.497 e. The number of aromatic nitrogens is 3. The fraction of sp³-hybridized carbons (Fsp3) is 0.348. The van der Waals surface area contributed by atoms with E-state index in [1.54, 1.807) is 35.9 Å². The van der Waals surface area contributed by atoms with Gasteiger partial charge in [-0.25, -0.2) is 9.67 Å². The number of nitrogens with zero attached hydrogens (tertiary/aromatic N) is 5. The van der Waals surface area contributed by atoms with E-state index in [0.717, 1.165) is 42.4 Å². The predicted molar refractivity (Wildman–Crippen MR) is 122 cm³/mol. The lowest BCUT2D eigenvalue weighted by atomic mass is 10.1. The van der Waals surface area contributed by atoms with Gasteiger partial charge in [-0.05, 0) is 49.4 Å². The summed E-state index contributed by atoms with van der Waals surface area (Å²) in [6.07, 6.45) is 0. The van der Waals surface area contributed by atoms with Crippen LogP contribution in [0.4, 0.5) is 0 Å². The Bertz CT molecular complexity index is 1090. The van der Waals surface area contributed by atoms with E-state index in [9.17, 15) is 4.79 Å². The Morgan fingerprint density at radius 1 is 1.03 bits per heavy atom. The minimum Gasteiger partial charge on any atom is -0.497 e. The number of benzene rings is 2. The summed E-state index contributed by atoms with van der Waals surface area (Å²) in [6, 6.07) is 13.1. The molecule has 2 aromatic carbocycles. The second-order valence-corrected chi connectivity index (χ2v) is 8.05. The van der Waals surface area contributed by atoms with Crippen molar-refractivity contribution in [3.63, 3.8) is 0 Å². The fourth-order valence-electron chi connectivity index (χ4n) is 3.80. The van der Waals surface area contributed by atoms with Gasteiger partial charge in [0.1, 0.15) is 17.3 Å². The molecule has 1 aliphatic heterocycles. The van der Waals surface area contributed by atoms with Crippen LogP contribution >= 0.6 is 11.6 Å². The zero-order valence-electron chi connectivity index (χ0n) is 18.4. The quantitative estimate of drug-likeness (QED) is 0.568. The minimum absolute atomic E-state index is 0.153. The Morgan fingerprint density at radius 3 is 2.41 bits per heavy atom. The van der Waals surface area contributed by atoms with Crippen molar-refractivity contribution in [1.29, 1.82) is 0 Å². The molecule has 1 aromatic heterocycles. The summed E-state index contributed by atoms with van der Waals surface area (Å²) >= 11 is 5.97. The Balaban J connectivity index is 1.40. The summed E-state index contributed by atoms with van der Waals surface area (Å²) in [6.45, 7) is 5.29. The first-order chi connectivity index (χ1) is 15.5. The zero-order chi connectivity index (χ0) is 22.7. The molecule has 1 aliphatic rings. The summed E-state index contributed by atoms with van der Waals surface area (Å²) in [5.41, 5.74) is 1.88. The maximum absolute atomic E-state index is 13.0. The number of hydrogen-bond acceptors (Lipinski definition) is 6. The molecule has 4 rings (SSSR count). The molecule has 2 heterocycles. The molecule has 0 spiro atoms. The van der Waals surface area contributed by atoms with Gasteiger partial charge in [-0.2, -0.15) is 0 Å². The molecule has 9 heteroatoms. The molecule has 0 saturated carbocycles. The molecule has 1 fully saturated rings. The number of carbonyl (C=O) groups excluding carboxylic acids is 1. The molecule has 0 atom stereocenters. The van der Waals surface area contributed by atoms with Crippen molar-refractivity contribution >= 4 is 17.5 Å². The smallest absolute Gasteiger partial charge is 0.293 e. The summed E-state index contributed by atoms with van der Waals surface area (Å²) in [7, 11) is 3.32. The van der Waals surface area contributed by atoms with Crippen molar-refractivity contribution < 1.29 is 14.3 Å². The average molecular weight is 456 g/mol. The fourth-order valence-corrected chi connectivity index (χ4v) is 3.93. The van der Waals surface area contributed by atoms with Crippen molar-refractivity contribution in [1.82, 2.24) is 24.6 Å². The Labute approximate surface area is 192 Å². The van der Waals surface area contributed by atoms with Gasteiger partial charge < -0.3 is 14.4 Å². The van der Waals surface area contributed by atoms with Crippen LogP contribution < -0.4 is 9.47 Å². The second-order valence-electron chi connectivity index (χ2n) is 7.62. The van der Waals surface area contributed by atoms with E-state index in [-0.39, 0.29) is 11.7 Å². The van der Waals surface area contributed by atoms with E-state index in [1.165, 1.54) is 0 Å². The monoisotopic (exact) mass is 455 g/mol. The number of ether oxygens (including phenoxy) is 2. The predicted octanol–water partition coefficient (Wildman–Crippen LogP) is 3.20. The minimum atomic E-state index is -0.153. The van der Waals surface area contributed by atoms with Crippen LogP contribution in [-0.4, -0.2) is 70.9 Å². The number of amides is 1. The van der Waals surface area contributed by atoms with Gasteiger partial charge >= 0.3 is 0 Å². The van der Waals surface area contributed by atoms with Crippen molar-refractivity contribution in [2.45, 2.75) is 13.5 Å². The zero-order valence-corrected chi connectivity index (χ0v) is 19.2. The third kappa shape index (κ3) is 4.71. The van der Waals surface area contributed by atoms with E-state index in [1.807, 2.05) is 37.3 Å². The summed E-state index contributed by atoms with van der Waals surface area (Å²) in [4.78, 5) is 21.5. The van der Waals surface area contributed by atoms with E-state index in [4.69, 9.17) is 21.1 Å². The highest BCUT2D eigenvalue weighted by molar-refractivity contribution is 6.30. The van der Waals surface area contributed by atoms with Crippen LogP contribution in [-0.2, 0) is 6.54 Å². The SMILES string of the molecule is COc1ccc(OC)c(CN2CCN(C(=O)c3nc(C)n(-c4ccc(Cl)cc4)n3)CC2)c1. The third-order valence-corrected chi connectivity index (χ3v) is 5.82. The van der Waals surface area contributed by atoms with E-state index in [0.29, 0.717) is 23.9 Å². The molecule has 0 aliphatic carbocycles. The van der Waals surface area contributed by atoms with Gasteiger partial charge in [0, 0.05) is 43.3 Å². The number of halogens is 1. The van der Waals surface area contributed by atoms with Crippen LogP contribution in [0.25, 0.3) is 5.69 Å². The first-order valence-corrected chi connectivity index (χ1v) is 10.8. The highest BCUT2D eigenvalue weighted by Gasteiger charge is 2.26. The Kier molecular flexibility index (Phi) is 6.62. The van der Waals surface area contributed by atoms with Gasteiger partial charge in [-0.1, -0.05) is 11.6 Å². The van der Waals surface area contributed by atoms with Gasteiger partial charge in [0.15, 0.2) is 0 Å². The number of methoxy groups -OCH3 is 2. The van der Waals surface area contributed by atoms with Gasteiger partial charge in [0.2, 0.25) is 5.82 Å². The van der Waals surface area contributed by atoms with Gasteiger partial charge in [0.05, 0.1) is 19.9 Å². The van der Waals surface area contributed by atoms with Crippen LogP contribution in [0.3, 0.4) is 0 Å². The van der Waals surface area contributed by atoms with Crippen LogP contribution in [0.2, 0.25) is 5.02 Å². The first kappa shape index (κ1) is 22.1. The Morgan fingerprint density at radius 2 is 1.75 bits per heavy atom. The lowest BCUT2D eigenvalue weighted by Crippen LogP contribution is -2.48. The lowest BCUT2D eigenvalue weighted by molar-refractivity contribution is 0.0615. The summed E-state index contributed by atoms with van der Waals surface area (Å²) < 4.78 is 12.5.